The van der Waals surface area contributed by atoms with E-state index in [1.807, 2.05) is 12.1 Å². The zero-order valence-electron chi connectivity index (χ0n) is 11.1. The minimum atomic E-state index is 0.0127. The van der Waals surface area contributed by atoms with Crippen molar-refractivity contribution in [2.24, 2.45) is 5.73 Å². The van der Waals surface area contributed by atoms with E-state index in [2.05, 4.69) is 0 Å². The van der Waals surface area contributed by atoms with E-state index in [9.17, 15) is 0 Å². The molecule has 5 heteroatoms. The van der Waals surface area contributed by atoms with Crippen LogP contribution in [0, 0.1) is 5.41 Å². The van der Waals surface area contributed by atoms with Gasteiger partial charge in [0.15, 0.2) is 11.5 Å². The molecule has 19 heavy (non-hydrogen) atoms. The van der Waals surface area contributed by atoms with Gasteiger partial charge in [-0.3, -0.25) is 5.41 Å². The molecule has 0 aliphatic carbocycles. The Morgan fingerprint density at radius 1 is 1.00 bits per heavy atom. The van der Waals surface area contributed by atoms with E-state index < -0.39 is 0 Å². The predicted octanol–water partition coefficient (Wildman–Crippen LogP) is 2.15. The summed E-state index contributed by atoms with van der Waals surface area (Å²) < 4.78 is 16.0. The van der Waals surface area contributed by atoms with Crippen LogP contribution >= 0.6 is 0 Å². The summed E-state index contributed by atoms with van der Waals surface area (Å²) in [5, 5.41) is 9.25. The first-order chi connectivity index (χ1) is 9.12. The Hall–Kier alpha value is -2.43. The maximum Gasteiger partial charge on any atom is 0.203 e. The lowest BCUT2D eigenvalue weighted by Crippen LogP contribution is -2.10. The third-order valence-electron chi connectivity index (χ3n) is 2.95. The second-order valence-corrected chi connectivity index (χ2v) is 3.99. The van der Waals surface area contributed by atoms with Crippen molar-refractivity contribution in [1.82, 2.24) is 0 Å². The molecule has 0 heterocycles. The van der Waals surface area contributed by atoms with Crippen LogP contribution in [0.5, 0.6) is 17.2 Å². The van der Waals surface area contributed by atoms with E-state index in [0.717, 1.165) is 10.8 Å². The van der Waals surface area contributed by atoms with Gasteiger partial charge in [-0.05, 0) is 17.5 Å². The Kier molecular flexibility index (Phi) is 3.46. The fourth-order valence-electron chi connectivity index (χ4n) is 2.03. The first-order valence-corrected chi connectivity index (χ1v) is 5.69. The average Bonchev–Trinajstić information content (AvgIpc) is 2.44. The first-order valence-electron chi connectivity index (χ1n) is 5.69. The molecule has 0 aliphatic rings. The van der Waals surface area contributed by atoms with Gasteiger partial charge in [0.2, 0.25) is 5.75 Å². The standard InChI is InChI=1S/C14H16N2O3/c1-17-11-7-8-4-5-9(14(15)16)6-10(8)12(18-2)13(11)19-3/h4-7H,1-3H3,(H3,15,16). The van der Waals surface area contributed by atoms with Crippen molar-refractivity contribution in [3.8, 4) is 17.2 Å². The van der Waals surface area contributed by atoms with Gasteiger partial charge in [-0.15, -0.1) is 0 Å². The molecule has 2 aromatic carbocycles. The van der Waals surface area contributed by atoms with Crippen molar-refractivity contribution in [2.45, 2.75) is 0 Å². The lowest BCUT2D eigenvalue weighted by atomic mass is 10.0. The van der Waals surface area contributed by atoms with Crippen LogP contribution in [0.1, 0.15) is 5.56 Å². The number of nitrogen functional groups attached to an aromatic ring is 1. The van der Waals surface area contributed by atoms with Crippen LogP contribution in [0.2, 0.25) is 0 Å². The second kappa shape index (κ2) is 5.06. The number of nitrogens with two attached hydrogens (primary N) is 1. The number of nitrogens with one attached hydrogen (secondary N) is 1. The molecule has 2 rings (SSSR count). The fourth-order valence-corrected chi connectivity index (χ4v) is 2.03. The zero-order valence-corrected chi connectivity index (χ0v) is 11.1. The highest BCUT2D eigenvalue weighted by Crippen LogP contribution is 2.43. The Balaban J connectivity index is 2.82. The summed E-state index contributed by atoms with van der Waals surface area (Å²) in [6, 6.07) is 7.33. The van der Waals surface area contributed by atoms with Crippen LogP contribution < -0.4 is 19.9 Å². The van der Waals surface area contributed by atoms with Crippen molar-refractivity contribution in [2.75, 3.05) is 21.3 Å². The average molecular weight is 260 g/mol. The van der Waals surface area contributed by atoms with E-state index in [1.165, 1.54) is 0 Å². The third kappa shape index (κ3) is 2.14. The molecule has 0 fully saturated rings. The molecule has 0 radical (unpaired) electrons. The van der Waals surface area contributed by atoms with Crippen LogP contribution in [0.15, 0.2) is 24.3 Å². The van der Waals surface area contributed by atoms with Gasteiger partial charge in [-0.2, -0.15) is 0 Å². The molecular formula is C14H16N2O3. The summed E-state index contributed by atoms with van der Waals surface area (Å²) in [6.45, 7) is 0. The van der Waals surface area contributed by atoms with Gasteiger partial charge >= 0.3 is 0 Å². The van der Waals surface area contributed by atoms with Crippen LogP contribution in [0.25, 0.3) is 10.8 Å². The molecular weight excluding hydrogens is 244 g/mol. The van der Waals surface area contributed by atoms with Gasteiger partial charge < -0.3 is 19.9 Å². The Bertz CT molecular complexity index is 638. The van der Waals surface area contributed by atoms with E-state index in [4.69, 9.17) is 25.4 Å². The maximum atomic E-state index is 7.50. The predicted molar refractivity (Wildman–Crippen MR) is 74.6 cm³/mol. The monoisotopic (exact) mass is 260 g/mol. The SMILES string of the molecule is COc1cc2ccc(C(=N)N)cc2c(OC)c1OC. The van der Waals surface area contributed by atoms with Crippen molar-refractivity contribution in [3.63, 3.8) is 0 Å². The molecule has 2 aromatic rings. The maximum absolute atomic E-state index is 7.50. The highest BCUT2D eigenvalue weighted by molar-refractivity contribution is 6.02. The number of hydrogen-bond donors (Lipinski definition) is 2. The van der Waals surface area contributed by atoms with Crippen LogP contribution in [-0.4, -0.2) is 27.2 Å². The molecule has 0 atom stereocenters. The van der Waals surface area contributed by atoms with Gasteiger partial charge in [-0.25, -0.2) is 0 Å². The lowest BCUT2D eigenvalue weighted by molar-refractivity contribution is 0.327. The van der Waals surface area contributed by atoms with Crippen molar-refractivity contribution in [1.29, 1.82) is 5.41 Å². The molecule has 0 unspecified atom stereocenters. The molecule has 5 nitrogen and oxygen atoms in total. The quantitative estimate of drug-likeness (QED) is 0.652. The number of hydrogen-bond acceptors (Lipinski definition) is 4. The first kappa shape index (κ1) is 13.0. The normalized spacial score (nSPS) is 10.3. The van der Waals surface area contributed by atoms with Crippen molar-refractivity contribution >= 4 is 16.6 Å². The third-order valence-corrected chi connectivity index (χ3v) is 2.95. The van der Waals surface area contributed by atoms with E-state index >= 15 is 0 Å². The molecule has 3 N–H and O–H groups in total. The number of ether oxygens (including phenoxy) is 3. The highest BCUT2D eigenvalue weighted by atomic mass is 16.5. The van der Waals surface area contributed by atoms with Crippen LogP contribution in [-0.2, 0) is 0 Å². The summed E-state index contributed by atoms with van der Waals surface area (Å²) in [5.41, 5.74) is 6.15. The van der Waals surface area contributed by atoms with Gasteiger partial charge in [0.05, 0.1) is 21.3 Å². The van der Waals surface area contributed by atoms with Gasteiger partial charge in [0, 0.05) is 10.9 Å². The number of amidine groups is 1. The van der Waals surface area contributed by atoms with E-state index in [1.54, 1.807) is 33.5 Å². The highest BCUT2D eigenvalue weighted by Gasteiger charge is 2.16. The van der Waals surface area contributed by atoms with Gasteiger partial charge in [0.25, 0.3) is 0 Å². The van der Waals surface area contributed by atoms with Gasteiger partial charge in [0.1, 0.15) is 5.84 Å². The number of benzene rings is 2. The summed E-state index contributed by atoms with van der Waals surface area (Å²) in [5.74, 6) is 1.71. The number of methoxy groups -OCH3 is 3. The molecule has 100 valence electrons. The minimum Gasteiger partial charge on any atom is -0.493 e. The number of rotatable bonds is 4. The molecule has 0 aliphatic heterocycles. The van der Waals surface area contributed by atoms with E-state index in [-0.39, 0.29) is 5.84 Å². The zero-order chi connectivity index (χ0) is 14.0. The Labute approximate surface area is 111 Å². The molecule has 0 aromatic heterocycles. The largest absolute Gasteiger partial charge is 0.493 e. The minimum absolute atomic E-state index is 0.0127. The molecule has 0 saturated carbocycles. The molecule has 0 saturated heterocycles. The van der Waals surface area contributed by atoms with Crippen LogP contribution in [0.3, 0.4) is 0 Å². The summed E-state index contributed by atoms with van der Waals surface area (Å²) in [4.78, 5) is 0. The second-order valence-electron chi connectivity index (χ2n) is 3.99. The van der Waals surface area contributed by atoms with Crippen LogP contribution in [0.4, 0.5) is 0 Å². The summed E-state index contributed by atoms with van der Waals surface area (Å²) in [7, 11) is 4.70. The smallest absolute Gasteiger partial charge is 0.203 e. The molecule has 0 bridgehead atoms. The number of fused-ring (bicyclic) bond motifs is 1. The lowest BCUT2D eigenvalue weighted by Gasteiger charge is -2.15. The topological polar surface area (TPSA) is 77.6 Å². The summed E-state index contributed by atoms with van der Waals surface area (Å²) in [6.07, 6.45) is 0. The van der Waals surface area contributed by atoms with Crippen molar-refractivity contribution < 1.29 is 14.2 Å². The molecule has 0 amide bonds. The van der Waals surface area contributed by atoms with Crippen molar-refractivity contribution in [3.05, 3.63) is 29.8 Å². The van der Waals surface area contributed by atoms with Gasteiger partial charge in [-0.1, -0.05) is 12.1 Å². The van der Waals surface area contributed by atoms with E-state index in [0.29, 0.717) is 22.8 Å². The summed E-state index contributed by atoms with van der Waals surface area (Å²) >= 11 is 0. The Morgan fingerprint density at radius 2 is 1.68 bits per heavy atom. The molecule has 0 spiro atoms. The fraction of sp³-hybridized carbons (Fsp3) is 0.214. The Morgan fingerprint density at radius 3 is 2.21 bits per heavy atom.